The van der Waals surface area contributed by atoms with E-state index in [2.05, 4.69) is 40.0 Å². The first-order valence-electron chi connectivity index (χ1n) is 8.65. The molecule has 1 saturated carbocycles. The summed E-state index contributed by atoms with van der Waals surface area (Å²) >= 11 is 0. The zero-order valence-electron chi connectivity index (χ0n) is 13.6. The van der Waals surface area contributed by atoms with Gasteiger partial charge in [0, 0.05) is 43.6 Å². The van der Waals surface area contributed by atoms with Gasteiger partial charge in [0.1, 0.15) is 0 Å². The molecule has 2 heterocycles. The average molecular weight is 290 g/mol. The Kier molecular flexibility index (Phi) is 4.65. The fourth-order valence-corrected chi connectivity index (χ4v) is 4.06. The van der Waals surface area contributed by atoms with E-state index in [1.54, 1.807) is 0 Å². The molecule has 118 valence electrons. The van der Waals surface area contributed by atoms with Crippen LogP contribution in [0.5, 0.6) is 0 Å². The average Bonchev–Trinajstić information content (AvgIpc) is 3.00. The minimum atomic E-state index is 0.413. The molecule has 1 atom stereocenters. The predicted molar refractivity (Wildman–Crippen MR) is 86.2 cm³/mol. The second-order valence-electron chi connectivity index (χ2n) is 7.23. The SMILES string of the molecule is CC(C)C1CN(CCn2cccn2)C2(CCCCC2)CN1. The Labute approximate surface area is 128 Å². The molecule has 4 heteroatoms. The molecular formula is C17H30N4. The lowest BCUT2D eigenvalue weighted by molar-refractivity contribution is -0.000644. The van der Waals surface area contributed by atoms with Crippen LogP contribution < -0.4 is 5.32 Å². The normalized spacial score (nSPS) is 26.5. The molecule has 0 amide bonds. The second-order valence-corrected chi connectivity index (χ2v) is 7.23. The van der Waals surface area contributed by atoms with Gasteiger partial charge in [-0.05, 0) is 24.8 Å². The molecule has 1 saturated heterocycles. The van der Waals surface area contributed by atoms with Crippen LogP contribution in [0.25, 0.3) is 0 Å². The van der Waals surface area contributed by atoms with Crippen LogP contribution >= 0.6 is 0 Å². The standard InChI is InChI=1S/C17H30N4/c1-15(2)16-13-20(11-12-21-10-6-9-19-21)17(14-18-16)7-4-3-5-8-17/h6,9-10,15-16,18H,3-5,7-8,11-14H2,1-2H3. The van der Waals surface area contributed by atoms with Gasteiger partial charge < -0.3 is 5.32 Å². The molecule has 1 aliphatic carbocycles. The van der Waals surface area contributed by atoms with Crippen molar-refractivity contribution in [2.75, 3.05) is 19.6 Å². The summed E-state index contributed by atoms with van der Waals surface area (Å²) in [6, 6.07) is 2.65. The Morgan fingerprint density at radius 3 is 2.71 bits per heavy atom. The fourth-order valence-electron chi connectivity index (χ4n) is 4.06. The van der Waals surface area contributed by atoms with Gasteiger partial charge in [-0.2, -0.15) is 5.10 Å². The first kappa shape index (κ1) is 15.0. The first-order valence-corrected chi connectivity index (χ1v) is 8.65. The lowest BCUT2D eigenvalue weighted by Crippen LogP contribution is -2.66. The van der Waals surface area contributed by atoms with E-state index in [0.717, 1.165) is 13.1 Å². The summed E-state index contributed by atoms with van der Waals surface area (Å²) in [5, 5.41) is 8.20. The van der Waals surface area contributed by atoms with Crippen molar-refractivity contribution >= 4 is 0 Å². The van der Waals surface area contributed by atoms with Crippen LogP contribution in [0.3, 0.4) is 0 Å². The second kappa shape index (κ2) is 6.49. The van der Waals surface area contributed by atoms with E-state index in [-0.39, 0.29) is 0 Å². The summed E-state index contributed by atoms with van der Waals surface area (Å²) in [6.45, 7) is 9.18. The van der Waals surface area contributed by atoms with Crippen molar-refractivity contribution in [3.05, 3.63) is 18.5 Å². The number of aromatic nitrogens is 2. The molecule has 1 unspecified atom stereocenters. The monoisotopic (exact) mass is 290 g/mol. The Morgan fingerprint density at radius 2 is 2.05 bits per heavy atom. The molecule has 2 aliphatic rings. The van der Waals surface area contributed by atoms with Crippen molar-refractivity contribution < 1.29 is 0 Å². The molecule has 1 N–H and O–H groups in total. The molecule has 1 aliphatic heterocycles. The highest BCUT2D eigenvalue weighted by Crippen LogP contribution is 2.36. The molecule has 1 aromatic rings. The third-order valence-corrected chi connectivity index (χ3v) is 5.53. The lowest BCUT2D eigenvalue weighted by atomic mass is 9.77. The number of hydrogen-bond donors (Lipinski definition) is 1. The minimum Gasteiger partial charge on any atom is -0.311 e. The molecule has 2 fully saturated rings. The Morgan fingerprint density at radius 1 is 1.24 bits per heavy atom. The van der Waals surface area contributed by atoms with Gasteiger partial charge in [0.05, 0.1) is 6.54 Å². The van der Waals surface area contributed by atoms with Crippen LogP contribution in [-0.2, 0) is 6.54 Å². The van der Waals surface area contributed by atoms with Crippen LogP contribution in [0, 0.1) is 5.92 Å². The van der Waals surface area contributed by atoms with Gasteiger partial charge in [0.25, 0.3) is 0 Å². The van der Waals surface area contributed by atoms with E-state index in [9.17, 15) is 0 Å². The Bertz CT molecular complexity index is 420. The maximum absolute atomic E-state index is 4.36. The van der Waals surface area contributed by atoms with E-state index in [4.69, 9.17) is 0 Å². The predicted octanol–water partition coefficient (Wildman–Crippen LogP) is 2.52. The van der Waals surface area contributed by atoms with Gasteiger partial charge in [0.2, 0.25) is 0 Å². The van der Waals surface area contributed by atoms with E-state index in [0.29, 0.717) is 17.5 Å². The van der Waals surface area contributed by atoms with E-state index in [1.807, 2.05) is 12.3 Å². The molecule has 0 aromatic carbocycles. The van der Waals surface area contributed by atoms with Crippen molar-refractivity contribution in [2.45, 2.75) is 64.1 Å². The van der Waals surface area contributed by atoms with Crippen LogP contribution in [-0.4, -0.2) is 45.9 Å². The van der Waals surface area contributed by atoms with Crippen molar-refractivity contribution in [2.24, 2.45) is 5.92 Å². The highest BCUT2D eigenvalue weighted by atomic mass is 15.3. The summed E-state index contributed by atoms with van der Waals surface area (Å²) in [6.07, 6.45) is 10.9. The van der Waals surface area contributed by atoms with Crippen LogP contribution in [0.4, 0.5) is 0 Å². The number of hydrogen-bond acceptors (Lipinski definition) is 3. The summed E-state index contributed by atoms with van der Waals surface area (Å²) in [5.74, 6) is 0.707. The number of piperazine rings is 1. The first-order chi connectivity index (χ1) is 10.2. The summed E-state index contributed by atoms with van der Waals surface area (Å²) in [5.41, 5.74) is 0.413. The molecule has 1 aromatic heterocycles. The Balaban J connectivity index is 1.69. The third kappa shape index (κ3) is 3.32. The van der Waals surface area contributed by atoms with Gasteiger partial charge in [-0.1, -0.05) is 33.1 Å². The highest BCUT2D eigenvalue weighted by Gasteiger charge is 2.42. The maximum atomic E-state index is 4.36. The van der Waals surface area contributed by atoms with Crippen LogP contribution in [0.1, 0.15) is 46.0 Å². The molecule has 1 spiro atoms. The maximum Gasteiger partial charge on any atom is 0.0536 e. The Hall–Kier alpha value is -0.870. The quantitative estimate of drug-likeness (QED) is 0.925. The minimum absolute atomic E-state index is 0.413. The van der Waals surface area contributed by atoms with Crippen molar-refractivity contribution in [1.82, 2.24) is 20.0 Å². The zero-order valence-corrected chi connectivity index (χ0v) is 13.6. The number of rotatable bonds is 4. The number of nitrogens with one attached hydrogen (secondary N) is 1. The van der Waals surface area contributed by atoms with Gasteiger partial charge in [-0.15, -0.1) is 0 Å². The topological polar surface area (TPSA) is 33.1 Å². The zero-order chi connectivity index (χ0) is 14.7. The van der Waals surface area contributed by atoms with Gasteiger partial charge in [-0.3, -0.25) is 9.58 Å². The molecular weight excluding hydrogens is 260 g/mol. The molecule has 0 radical (unpaired) electrons. The third-order valence-electron chi connectivity index (χ3n) is 5.53. The smallest absolute Gasteiger partial charge is 0.0536 e. The number of nitrogens with zero attached hydrogens (tertiary/aromatic N) is 3. The van der Waals surface area contributed by atoms with Gasteiger partial charge >= 0.3 is 0 Å². The van der Waals surface area contributed by atoms with Crippen molar-refractivity contribution in [1.29, 1.82) is 0 Å². The molecule has 0 bridgehead atoms. The van der Waals surface area contributed by atoms with Crippen molar-refractivity contribution in [3.8, 4) is 0 Å². The summed E-state index contributed by atoms with van der Waals surface area (Å²) in [4.78, 5) is 2.79. The van der Waals surface area contributed by atoms with Gasteiger partial charge in [-0.25, -0.2) is 0 Å². The highest BCUT2D eigenvalue weighted by molar-refractivity contribution is 5.01. The van der Waals surface area contributed by atoms with E-state index >= 15 is 0 Å². The van der Waals surface area contributed by atoms with Crippen LogP contribution in [0.2, 0.25) is 0 Å². The molecule has 3 rings (SSSR count). The lowest BCUT2D eigenvalue weighted by Gasteiger charge is -2.53. The van der Waals surface area contributed by atoms with E-state index < -0.39 is 0 Å². The largest absolute Gasteiger partial charge is 0.311 e. The summed E-state index contributed by atoms with van der Waals surface area (Å²) in [7, 11) is 0. The van der Waals surface area contributed by atoms with Gasteiger partial charge in [0.15, 0.2) is 0 Å². The van der Waals surface area contributed by atoms with E-state index in [1.165, 1.54) is 45.2 Å². The molecule has 21 heavy (non-hydrogen) atoms. The fraction of sp³-hybridized carbons (Fsp3) is 0.824. The summed E-state index contributed by atoms with van der Waals surface area (Å²) < 4.78 is 2.07. The van der Waals surface area contributed by atoms with Crippen molar-refractivity contribution in [3.63, 3.8) is 0 Å². The van der Waals surface area contributed by atoms with Crippen LogP contribution in [0.15, 0.2) is 18.5 Å². The molecule has 4 nitrogen and oxygen atoms in total.